The number of halogens is 4. The molecule has 4 nitrogen and oxygen atoms in total. The van der Waals surface area contributed by atoms with Crippen molar-refractivity contribution in [2.75, 3.05) is 0 Å². The first kappa shape index (κ1) is 17.0. The lowest BCUT2D eigenvalue weighted by atomic mass is 15.9. The van der Waals surface area contributed by atoms with Gasteiger partial charge in [0.05, 0.1) is 0 Å². The van der Waals surface area contributed by atoms with Gasteiger partial charge < -0.3 is 0 Å². The van der Waals surface area contributed by atoms with Crippen molar-refractivity contribution >= 4 is 76.6 Å². The van der Waals surface area contributed by atoms with E-state index in [1.165, 1.54) is 0 Å². The summed E-state index contributed by atoms with van der Waals surface area (Å²) in [6.07, 6.45) is 0. The van der Waals surface area contributed by atoms with Crippen LogP contribution in [0.2, 0.25) is 0 Å². The minimum atomic E-state index is -0.750. The van der Waals surface area contributed by atoms with Gasteiger partial charge in [-0.05, 0) is 0 Å². The Morgan fingerprint density at radius 3 is 0.889 bits per heavy atom. The molecule has 0 N–H and O–H groups in total. The molecule has 0 aliphatic rings. The minimum absolute atomic E-state index is 0.750. The highest BCUT2D eigenvalue weighted by Crippen LogP contribution is 1.88. The molecule has 0 heterocycles. The van der Waals surface area contributed by atoms with Crippen LogP contribution in [-0.2, 0) is 17.4 Å². The molecular weight excluding hydrogens is 416 g/mol. The van der Waals surface area contributed by atoms with Crippen molar-refractivity contribution in [3.8, 4) is 0 Å². The maximum atomic E-state index is 8.29. The molecule has 0 saturated heterocycles. The minimum Gasteiger partial charge on any atom is -0.230 e. The smallest absolute Gasteiger partial charge is 0.230 e. The van der Waals surface area contributed by atoms with Gasteiger partial charge in [-0.2, -0.15) is 8.42 Å². The average molecular weight is 416 g/mol. The van der Waals surface area contributed by atoms with Crippen molar-refractivity contribution in [3.63, 3.8) is 0 Å². The van der Waals surface area contributed by atoms with Crippen LogP contribution >= 0.6 is 65.0 Å². The second kappa shape index (κ2) is 33.4. The molecule has 58 valence electrons. The van der Waals surface area contributed by atoms with E-state index in [4.69, 9.17) is 8.42 Å². The summed E-state index contributed by atoms with van der Waals surface area (Å²) in [6.45, 7) is 0. The van der Waals surface area contributed by atoms with E-state index in [-0.39, 0.29) is 0 Å². The fourth-order valence-corrected chi connectivity index (χ4v) is 0. The van der Waals surface area contributed by atoms with Crippen LogP contribution in [0.4, 0.5) is 0 Å². The summed E-state index contributed by atoms with van der Waals surface area (Å²) in [5, 5.41) is 0. The van der Waals surface area contributed by atoms with Crippen LogP contribution in [0, 0.1) is 0 Å². The molecule has 0 unspecified atom stereocenters. The number of hydrogen-bond donors (Lipinski definition) is 0. The van der Waals surface area contributed by atoms with Gasteiger partial charge in [0.1, 0.15) is 65.0 Å². The highest BCUT2D eigenvalue weighted by molar-refractivity contribution is 9.18. The van der Waals surface area contributed by atoms with Crippen LogP contribution in [0.1, 0.15) is 0 Å². The van der Waals surface area contributed by atoms with E-state index in [9.17, 15) is 0 Å². The molecule has 0 atom stereocenters. The normalized spacial score (nSPS) is 5.33. The van der Waals surface area contributed by atoms with Crippen LogP contribution in [0.25, 0.3) is 0 Å². The SMILES string of the molecule is BrOBr.BrOBr.O=S=O. The lowest BCUT2D eigenvalue weighted by Gasteiger charge is -1.48. The zero-order chi connectivity index (χ0) is 8.12. The second-order valence-electron chi connectivity index (χ2n) is 0.185. The zero-order valence-electron chi connectivity index (χ0n) is 3.55. The maximum Gasteiger partial charge on any atom is 0.335 e. The highest BCUT2D eigenvalue weighted by Gasteiger charge is 1.37. The fraction of sp³-hybridized carbons (Fsp3) is 0. The monoisotopic (exact) mass is 412 g/mol. The summed E-state index contributed by atoms with van der Waals surface area (Å²) >= 11 is 9.50. The fourth-order valence-electron chi connectivity index (χ4n) is 0. The molecule has 0 rings (SSSR count). The number of rotatable bonds is 0. The Morgan fingerprint density at radius 2 is 0.889 bits per heavy atom. The molecule has 0 spiro atoms. The van der Waals surface area contributed by atoms with Crippen LogP contribution in [-0.4, -0.2) is 8.42 Å². The molecule has 0 radical (unpaired) electrons. The van der Waals surface area contributed by atoms with Gasteiger partial charge >= 0.3 is 11.6 Å². The highest BCUT2D eigenvalue weighted by atomic mass is 79.9. The summed E-state index contributed by atoms with van der Waals surface area (Å²) in [5.74, 6) is 0. The van der Waals surface area contributed by atoms with Crippen molar-refractivity contribution in [3.05, 3.63) is 0 Å². The van der Waals surface area contributed by atoms with Crippen LogP contribution in [0.3, 0.4) is 0 Å². The molecule has 0 bridgehead atoms. The van der Waals surface area contributed by atoms with Gasteiger partial charge in [0.2, 0.25) is 0 Å². The van der Waals surface area contributed by atoms with Crippen molar-refractivity contribution in [2.45, 2.75) is 0 Å². The lowest BCUT2D eigenvalue weighted by Crippen LogP contribution is -1.18. The Bertz CT molecular complexity index is 48.5. The first-order chi connectivity index (χ1) is 4.24. The predicted molar refractivity (Wildman–Crippen MR) is 46.8 cm³/mol. The van der Waals surface area contributed by atoms with Crippen molar-refractivity contribution in [2.24, 2.45) is 0 Å². The van der Waals surface area contributed by atoms with Crippen molar-refractivity contribution < 1.29 is 14.3 Å². The standard InChI is InChI=1S/2Br2O.O2S/c3*1-3-2. The molecular formula is Br4O4S. The predicted octanol–water partition coefficient (Wildman–Crippen LogP) is 2.58. The summed E-state index contributed by atoms with van der Waals surface area (Å²) < 4.78 is 24.3. The molecule has 0 aliphatic carbocycles. The maximum absolute atomic E-state index is 8.29. The summed E-state index contributed by atoms with van der Waals surface area (Å²) in [5.41, 5.74) is 0. The van der Waals surface area contributed by atoms with Crippen LogP contribution < -0.4 is 0 Å². The Labute approximate surface area is 90.1 Å². The van der Waals surface area contributed by atoms with Gasteiger partial charge in [-0.3, -0.25) is 0 Å². The molecule has 0 aliphatic heterocycles. The zero-order valence-corrected chi connectivity index (χ0v) is 10.7. The van der Waals surface area contributed by atoms with E-state index in [0.717, 1.165) is 0 Å². The third kappa shape index (κ3) is 206. The van der Waals surface area contributed by atoms with E-state index in [0.29, 0.717) is 0 Å². The quantitative estimate of drug-likeness (QED) is 0.610. The third-order valence-electron chi connectivity index (χ3n) is 0. The van der Waals surface area contributed by atoms with Gasteiger partial charge in [-0.15, -0.1) is 0 Å². The van der Waals surface area contributed by atoms with Crippen molar-refractivity contribution in [1.29, 1.82) is 0 Å². The average Bonchev–Trinajstić information content (AvgIpc) is 1.70. The number of hydrogen-bond acceptors (Lipinski definition) is 4. The second-order valence-corrected chi connectivity index (χ2v) is 3.35. The largest absolute Gasteiger partial charge is 0.335 e. The molecule has 0 aromatic carbocycles. The molecule has 0 saturated carbocycles. The molecule has 9 heteroatoms. The van der Waals surface area contributed by atoms with E-state index >= 15 is 0 Å². The first-order valence-electron chi connectivity index (χ1n) is 0.951. The molecule has 0 aromatic rings. The van der Waals surface area contributed by atoms with E-state index in [1.807, 2.05) is 0 Å². The molecule has 0 aromatic heterocycles. The van der Waals surface area contributed by atoms with E-state index in [2.05, 4.69) is 70.9 Å². The third-order valence-corrected chi connectivity index (χ3v) is 0. The topological polar surface area (TPSA) is 52.6 Å². The van der Waals surface area contributed by atoms with E-state index in [1.54, 1.807) is 0 Å². The molecule has 9 heavy (non-hydrogen) atoms. The van der Waals surface area contributed by atoms with Crippen LogP contribution in [0.15, 0.2) is 0 Å². The Morgan fingerprint density at radius 1 is 0.889 bits per heavy atom. The lowest BCUT2D eigenvalue weighted by molar-refractivity contribution is 0.630. The first-order valence-corrected chi connectivity index (χ1v) is 4.21. The summed E-state index contributed by atoms with van der Waals surface area (Å²) in [4.78, 5) is 0. The Hall–Kier alpha value is 1.66. The van der Waals surface area contributed by atoms with Gasteiger partial charge in [0.25, 0.3) is 0 Å². The molecule has 0 amide bonds. The van der Waals surface area contributed by atoms with Gasteiger partial charge in [-0.25, -0.2) is 5.84 Å². The van der Waals surface area contributed by atoms with Gasteiger partial charge in [0.15, 0.2) is 0 Å². The van der Waals surface area contributed by atoms with Gasteiger partial charge in [-0.1, -0.05) is 0 Å². The van der Waals surface area contributed by atoms with Crippen LogP contribution in [0.5, 0.6) is 0 Å². The summed E-state index contributed by atoms with van der Waals surface area (Å²) in [7, 11) is 0. The summed E-state index contributed by atoms with van der Waals surface area (Å²) in [6, 6.07) is 0. The molecule has 0 fully saturated rings. The van der Waals surface area contributed by atoms with Gasteiger partial charge in [0, 0.05) is 0 Å². The van der Waals surface area contributed by atoms with Crippen molar-refractivity contribution in [1.82, 2.24) is 0 Å². The van der Waals surface area contributed by atoms with E-state index < -0.39 is 11.6 Å². The Kier molecular flexibility index (Phi) is 62.8. The Balaban J connectivity index is -0.0000000600.